The first-order valence-electron chi connectivity index (χ1n) is 9.48. The Morgan fingerprint density at radius 3 is 2.19 bits per heavy atom. The van der Waals surface area contributed by atoms with E-state index in [1.165, 1.54) is 0 Å². The lowest BCUT2D eigenvalue weighted by atomic mass is 9.91. The summed E-state index contributed by atoms with van der Waals surface area (Å²) in [6.45, 7) is 8.65. The van der Waals surface area contributed by atoms with E-state index in [1.54, 1.807) is 13.8 Å². The third-order valence-electron chi connectivity index (χ3n) is 4.97. The standard InChI is InChI=1S/C20H33N5O2/c1-20(2,18(26)21-10-11-23(3)4)19(27)22-16-6-8-17(9-7-16)25-14-12-24(5)13-15-25/h6-9H,10-15H2,1-5H3,(H,21,26)(H,22,27). The van der Waals surface area contributed by atoms with Crippen LogP contribution in [0, 0.1) is 5.41 Å². The third-order valence-corrected chi connectivity index (χ3v) is 4.97. The van der Waals surface area contributed by atoms with E-state index in [0.29, 0.717) is 12.2 Å². The van der Waals surface area contributed by atoms with Gasteiger partial charge in [0, 0.05) is 50.6 Å². The van der Waals surface area contributed by atoms with Crippen LogP contribution in [0.5, 0.6) is 0 Å². The average Bonchev–Trinajstić information content (AvgIpc) is 2.62. The number of rotatable bonds is 7. The van der Waals surface area contributed by atoms with E-state index in [2.05, 4.69) is 27.5 Å². The van der Waals surface area contributed by atoms with Gasteiger partial charge in [-0.25, -0.2) is 0 Å². The molecule has 2 amide bonds. The number of hydrogen-bond acceptors (Lipinski definition) is 5. The number of hydrogen-bond donors (Lipinski definition) is 2. The average molecular weight is 376 g/mol. The summed E-state index contributed by atoms with van der Waals surface area (Å²) >= 11 is 0. The van der Waals surface area contributed by atoms with Crippen LogP contribution in [0.3, 0.4) is 0 Å². The molecule has 0 unspecified atom stereocenters. The number of benzene rings is 1. The highest BCUT2D eigenvalue weighted by molar-refractivity contribution is 6.09. The molecule has 150 valence electrons. The van der Waals surface area contributed by atoms with Gasteiger partial charge in [-0.2, -0.15) is 0 Å². The van der Waals surface area contributed by atoms with Crippen molar-refractivity contribution in [2.45, 2.75) is 13.8 Å². The lowest BCUT2D eigenvalue weighted by Gasteiger charge is -2.34. The highest BCUT2D eigenvalue weighted by Gasteiger charge is 2.35. The second-order valence-electron chi connectivity index (χ2n) is 7.98. The predicted molar refractivity (Wildman–Crippen MR) is 110 cm³/mol. The van der Waals surface area contributed by atoms with E-state index in [1.807, 2.05) is 43.3 Å². The van der Waals surface area contributed by atoms with E-state index < -0.39 is 5.41 Å². The number of piperazine rings is 1. The first kappa shape index (κ1) is 21.2. The lowest BCUT2D eigenvalue weighted by Crippen LogP contribution is -2.46. The number of likely N-dealkylation sites (N-methyl/N-ethyl adjacent to an activating group) is 2. The second kappa shape index (κ2) is 9.19. The molecule has 27 heavy (non-hydrogen) atoms. The number of carbonyl (C=O) groups excluding carboxylic acids is 2. The highest BCUT2D eigenvalue weighted by atomic mass is 16.2. The summed E-state index contributed by atoms with van der Waals surface area (Å²) in [4.78, 5) is 31.6. The van der Waals surface area contributed by atoms with Crippen molar-refractivity contribution < 1.29 is 9.59 Å². The molecule has 0 spiro atoms. The Balaban J connectivity index is 1.91. The van der Waals surface area contributed by atoms with E-state index in [0.717, 1.165) is 38.4 Å². The Kier molecular flexibility index (Phi) is 7.21. The topological polar surface area (TPSA) is 67.9 Å². The molecule has 0 radical (unpaired) electrons. The van der Waals surface area contributed by atoms with Gasteiger partial charge in [-0.15, -0.1) is 0 Å². The summed E-state index contributed by atoms with van der Waals surface area (Å²) in [7, 11) is 6.01. The Labute approximate surface area is 162 Å². The molecule has 1 aromatic carbocycles. The summed E-state index contributed by atoms with van der Waals surface area (Å²) in [5, 5.41) is 5.69. The van der Waals surface area contributed by atoms with Gasteiger partial charge in [0.25, 0.3) is 0 Å². The van der Waals surface area contributed by atoms with E-state index in [9.17, 15) is 9.59 Å². The van der Waals surface area contributed by atoms with Crippen LogP contribution in [0.15, 0.2) is 24.3 Å². The normalized spacial score (nSPS) is 15.7. The fourth-order valence-electron chi connectivity index (χ4n) is 2.82. The van der Waals surface area contributed by atoms with E-state index in [4.69, 9.17) is 0 Å². The Morgan fingerprint density at radius 1 is 1.04 bits per heavy atom. The van der Waals surface area contributed by atoms with E-state index in [-0.39, 0.29) is 11.8 Å². The molecule has 1 saturated heterocycles. The summed E-state index contributed by atoms with van der Waals surface area (Å²) in [5.74, 6) is -0.576. The van der Waals surface area contributed by atoms with Crippen LogP contribution in [-0.2, 0) is 9.59 Å². The van der Waals surface area contributed by atoms with Crippen LogP contribution in [-0.4, -0.2) is 82.0 Å². The highest BCUT2D eigenvalue weighted by Crippen LogP contribution is 2.22. The molecule has 0 bridgehead atoms. The van der Waals surface area contributed by atoms with Gasteiger partial charge >= 0.3 is 0 Å². The molecule has 1 aliphatic heterocycles. The molecule has 1 aliphatic rings. The Bertz CT molecular complexity index is 634. The molecule has 7 heteroatoms. The second-order valence-corrected chi connectivity index (χ2v) is 7.98. The summed E-state index contributed by atoms with van der Waals surface area (Å²) in [6, 6.07) is 7.83. The summed E-state index contributed by atoms with van der Waals surface area (Å²) in [6.07, 6.45) is 0. The van der Waals surface area contributed by atoms with Crippen molar-refractivity contribution in [1.82, 2.24) is 15.1 Å². The minimum atomic E-state index is -1.14. The number of nitrogens with one attached hydrogen (secondary N) is 2. The SMILES string of the molecule is CN(C)CCNC(=O)C(C)(C)C(=O)Nc1ccc(N2CCN(C)CC2)cc1. The number of carbonyl (C=O) groups is 2. The van der Waals surface area contributed by atoms with Gasteiger partial charge in [0.05, 0.1) is 0 Å². The zero-order chi connectivity index (χ0) is 20.0. The van der Waals surface area contributed by atoms with Gasteiger partial charge in [0.1, 0.15) is 5.41 Å². The van der Waals surface area contributed by atoms with Crippen LogP contribution < -0.4 is 15.5 Å². The van der Waals surface area contributed by atoms with Crippen molar-refractivity contribution in [3.63, 3.8) is 0 Å². The molecule has 2 N–H and O–H groups in total. The monoisotopic (exact) mass is 375 g/mol. The van der Waals surface area contributed by atoms with Gasteiger partial charge in [-0.3, -0.25) is 9.59 Å². The number of nitrogens with zero attached hydrogens (tertiary/aromatic N) is 3. The fourth-order valence-corrected chi connectivity index (χ4v) is 2.82. The van der Waals surface area contributed by atoms with Crippen molar-refractivity contribution in [1.29, 1.82) is 0 Å². The van der Waals surface area contributed by atoms with Crippen molar-refractivity contribution in [3.05, 3.63) is 24.3 Å². The molecule has 0 saturated carbocycles. The Morgan fingerprint density at radius 2 is 1.63 bits per heavy atom. The van der Waals surface area contributed by atoms with Gasteiger partial charge in [0.15, 0.2) is 0 Å². The van der Waals surface area contributed by atoms with Gasteiger partial charge < -0.3 is 25.3 Å². The molecule has 0 aliphatic carbocycles. The molecular formula is C20H33N5O2. The van der Waals surface area contributed by atoms with Gasteiger partial charge in [-0.1, -0.05) is 0 Å². The first-order valence-corrected chi connectivity index (χ1v) is 9.48. The summed E-state index contributed by atoms with van der Waals surface area (Å²) < 4.78 is 0. The molecule has 7 nitrogen and oxygen atoms in total. The molecule has 1 aromatic rings. The molecule has 1 heterocycles. The zero-order valence-electron chi connectivity index (χ0n) is 17.2. The number of anilines is 2. The lowest BCUT2D eigenvalue weighted by molar-refractivity contribution is -0.138. The van der Waals surface area contributed by atoms with Gasteiger partial charge in [0.2, 0.25) is 11.8 Å². The maximum absolute atomic E-state index is 12.6. The maximum Gasteiger partial charge on any atom is 0.239 e. The van der Waals surface area contributed by atoms with Crippen molar-refractivity contribution >= 4 is 23.2 Å². The smallest absolute Gasteiger partial charge is 0.239 e. The van der Waals surface area contributed by atoms with Crippen LogP contribution in [0.1, 0.15) is 13.8 Å². The van der Waals surface area contributed by atoms with Crippen LogP contribution in [0.2, 0.25) is 0 Å². The Hall–Kier alpha value is -2.12. The number of amides is 2. The zero-order valence-corrected chi connectivity index (χ0v) is 17.2. The molecular weight excluding hydrogens is 342 g/mol. The van der Waals surface area contributed by atoms with E-state index >= 15 is 0 Å². The third kappa shape index (κ3) is 5.94. The summed E-state index contributed by atoms with van der Waals surface area (Å²) in [5.41, 5.74) is 0.719. The maximum atomic E-state index is 12.6. The van der Waals surface area contributed by atoms with Crippen LogP contribution in [0.25, 0.3) is 0 Å². The molecule has 1 fully saturated rings. The van der Waals surface area contributed by atoms with Gasteiger partial charge in [-0.05, 0) is 59.3 Å². The van der Waals surface area contributed by atoms with Crippen molar-refractivity contribution in [3.8, 4) is 0 Å². The van der Waals surface area contributed by atoms with Crippen LogP contribution in [0.4, 0.5) is 11.4 Å². The minimum absolute atomic E-state index is 0.268. The van der Waals surface area contributed by atoms with Crippen molar-refractivity contribution in [2.24, 2.45) is 5.41 Å². The van der Waals surface area contributed by atoms with Crippen molar-refractivity contribution in [2.75, 3.05) is 70.6 Å². The molecule has 0 aromatic heterocycles. The largest absolute Gasteiger partial charge is 0.369 e. The molecule has 2 rings (SSSR count). The first-order chi connectivity index (χ1) is 12.7. The fraction of sp³-hybridized carbons (Fsp3) is 0.600. The predicted octanol–water partition coefficient (Wildman–Crippen LogP) is 1.08. The van der Waals surface area contributed by atoms with Crippen LogP contribution >= 0.6 is 0 Å². The minimum Gasteiger partial charge on any atom is -0.369 e. The molecule has 0 atom stereocenters. The quantitative estimate of drug-likeness (QED) is 0.698.